The van der Waals surface area contributed by atoms with E-state index in [9.17, 15) is 8.42 Å². The predicted octanol–water partition coefficient (Wildman–Crippen LogP) is 2.60. The number of guanidine groups is 1. The minimum Gasteiger partial charge on any atom is -0.356 e. The third kappa shape index (κ3) is 6.79. The molecule has 2 N–H and O–H groups in total. The SMILES string of the molecule is CN=C(NCC1CCN(S(=O)(=O)c2ccccc2)CC1)NC1CN(C(C)C)CC1C.I. The lowest BCUT2D eigenvalue weighted by molar-refractivity contribution is 0.265. The van der Waals surface area contributed by atoms with Crippen LogP contribution in [0.1, 0.15) is 33.6 Å². The maximum Gasteiger partial charge on any atom is 0.243 e. The van der Waals surface area contributed by atoms with Crippen LogP contribution >= 0.6 is 24.0 Å². The Morgan fingerprint density at radius 3 is 2.35 bits per heavy atom. The van der Waals surface area contributed by atoms with Gasteiger partial charge >= 0.3 is 0 Å². The molecule has 0 bridgehead atoms. The summed E-state index contributed by atoms with van der Waals surface area (Å²) in [5.74, 6) is 1.87. The van der Waals surface area contributed by atoms with E-state index in [0.717, 1.165) is 38.4 Å². The van der Waals surface area contributed by atoms with Crippen LogP contribution in [0.4, 0.5) is 0 Å². The van der Waals surface area contributed by atoms with Crippen molar-refractivity contribution >= 4 is 40.0 Å². The number of rotatable bonds is 6. The molecule has 2 unspecified atom stereocenters. The highest BCUT2D eigenvalue weighted by Gasteiger charge is 2.32. The fourth-order valence-corrected chi connectivity index (χ4v) is 5.81. The van der Waals surface area contributed by atoms with Crippen molar-refractivity contribution in [3.05, 3.63) is 30.3 Å². The Kier molecular flexibility index (Phi) is 10.0. The third-order valence-electron chi connectivity index (χ3n) is 6.43. The number of sulfonamides is 1. The van der Waals surface area contributed by atoms with Gasteiger partial charge in [0, 0.05) is 51.9 Å². The molecule has 0 spiro atoms. The first-order valence-electron chi connectivity index (χ1n) is 11.1. The smallest absolute Gasteiger partial charge is 0.243 e. The molecular formula is C22H38IN5O2S. The molecule has 176 valence electrons. The molecule has 2 fully saturated rings. The van der Waals surface area contributed by atoms with E-state index >= 15 is 0 Å². The maximum absolute atomic E-state index is 12.8. The van der Waals surface area contributed by atoms with Crippen LogP contribution in [0.25, 0.3) is 0 Å². The van der Waals surface area contributed by atoms with E-state index in [2.05, 4.69) is 41.3 Å². The summed E-state index contributed by atoms with van der Waals surface area (Å²) in [4.78, 5) is 7.28. The van der Waals surface area contributed by atoms with Crippen molar-refractivity contribution in [2.45, 2.75) is 50.6 Å². The molecule has 0 saturated carbocycles. The van der Waals surface area contributed by atoms with Gasteiger partial charge in [-0.3, -0.25) is 9.89 Å². The molecule has 1 aromatic rings. The van der Waals surface area contributed by atoms with E-state index in [1.165, 1.54) is 0 Å². The largest absolute Gasteiger partial charge is 0.356 e. The van der Waals surface area contributed by atoms with Crippen LogP contribution in [0, 0.1) is 11.8 Å². The van der Waals surface area contributed by atoms with Gasteiger partial charge in [0.1, 0.15) is 0 Å². The van der Waals surface area contributed by atoms with Gasteiger partial charge in [-0.25, -0.2) is 8.42 Å². The molecule has 2 saturated heterocycles. The average Bonchev–Trinajstić information content (AvgIpc) is 3.12. The third-order valence-corrected chi connectivity index (χ3v) is 8.34. The highest BCUT2D eigenvalue weighted by atomic mass is 127. The standard InChI is InChI=1S/C22H37N5O2S.HI/c1-17(2)26-15-18(3)21(16-26)25-22(23-4)24-14-19-10-12-27(13-11-19)30(28,29)20-8-6-5-7-9-20;/h5-9,17-19,21H,10-16H2,1-4H3,(H2,23,24,25);1H. The van der Waals surface area contributed by atoms with Crippen LogP contribution in [0.5, 0.6) is 0 Å². The summed E-state index contributed by atoms with van der Waals surface area (Å²) in [6, 6.07) is 9.68. The minimum atomic E-state index is -3.38. The van der Waals surface area contributed by atoms with Crippen LogP contribution in [0.15, 0.2) is 40.2 Å². The van der Waals surface area contributed by atoms with E-state index in [1.807, 2.05) is 13.1 Å². The Bertz CT molecular complexity index is 810. The lowest BCUT2D eigenvalue weighted by Crippen LogP contribution is -2.49. The fraction of sp³-hybridized carbons (Fsp3) is 0.682. The van der Waals surface area contributed by atoms with Gasteiger partial charge in [-0.15, -0.1) is 24.0 Å². The number of hydrogen-bond acceptors (Lipinski definition) is 4. The fourth-order valence-electron chi connectivity index (χ4n) is 4.32. The molecule has 0 radical (unpaired) electrons. The van der Waals surface area contributed by atoms with Gasteiger partial charge in [0.15, 0.2) is 5.96 Å². The Morgan fingerprint density at radius 2 is 1.81 bits per heavy atom. The van der Waals surface area contributed by atoms with Crippen molar-refractivity contribution in [1.29, 1.82) is 0 Å². The molecule has 9 heteroatoms. The maximum atomic E-state index is 12.8. The number of likely N-dealkylation sites (tertiary alicyclic amines) is 1. The molecule has 2 heterocycles. The molecule has 31 heavy (non-hydrogen) atoms. The topological polar surface area (TPSA) is 77.0 Å². The van der Waals surface area contributed by atoms with Crippen molar-refractivity contribution in [3.8, 4) is 0 Å². The molecule has 0 aromatic heterocycles. The van der Waals surface area contributed by atoms with Crippen LogP contribution < -0.4 is 10.6 Å². The molecule has 0 amide bonds. The number of nitrogens with one attached hydrogen (secondary N) is 2. The van der Waals surface area contributed by atoms with Gasteiger partial charge in [-0.1, -0.05) is 25.1 Å². The normalized spacial score (nSPS) is 24.2. The lowest BCUT2D eigenvalue weighted by Gasteiger charge is -2.31. The van der Waals surface area contributed by atoms with Gasteiger partial charge in [0.05, 0.1) is 4.90 Å². The second kappa shape index (κ2) is 11.8. The van der Waals surface area contributed by atoms with Crippen molar-refractivity contribution in [3.63, 3.8) is 0 Å². The molecule has 0 aliphatic carbocycles. The van der Waals surface area contributed by atoms with Crippen molar-refractivity contribution in [2.24, 2.45) is 16.8 Å². The Balaban J connectivity index is 0.00000341. The molecule has 2 atom stereocenters. The Labute approximate surface area is 205 Å². The number of aliphatic imine (C=N–C) groups is 1. The number of piperidine rings is 1. The zero-order valence-electron chi connectivity index (χ0n) is 19.1. The van der Waals surface area contributed by atoms with Crippen molar-refractivity contribution < 1.29 is 8.42 Å². The van der Waals surface area contributed by atoms with Gasteiger partial charge in [0.25, 0.3) is 0 Å². The predicted molar refractivity (Wildman–Crippen MR) is 137 cm³/mol. The quantitative estimate of drug-likeness (QED) is 0.316. The zero-order chi connectivity index (χ0) is 21.7. The van der Waals surface area contributed by atoms with Gasteiger partial charge in [0.2, 0.25) is 10.0 Å². The van der Waals surface area contributed by atoms with Crippen molar-refractivity contribution in [1.82, 2.24) is 19.8 Å². The second-order valence-corrected chi connectivity index (χ2v) is 10.8. The summed E-state index contributed by atoms with van der Waals surface area (Å²) >= 11 is 0. The van der Waals surface area contributed by atoms with E-state index in [0.29, 0.717) is 41.9 Å². The summed E-state index contributed by atoms with van der Waals surface area (Å²) in [6.07, 6.45) is 1.72. The Hall–Kier alpha value is -0.910. The number of halogens is 1. The number of benzene rings is 1. The van der Waals surface area contributed by atoms with E-state index in [-0.39, 0.29) is 24.0 Å². The molecule has 2 aliphatic heterocycles. The summed E-state index contributed by atoms with van der Waals surface area (Å²) in [6.45, 7) is 10.9. The zero-order valence-corrected chi connectivity index (χ0v) is 22.3. The highest BCUT2D eigenvalue weighted by Crippen LogP contribution is 2.23. The molecule has 1 aromatic carbocycles. The summed E-state index contributed by atoms with van der Waals surface area (Å²) < 4.78 is 27.2. The second-order valence-electron chi connectivity index (χ2n) is 8.89. The number of nitrogens with zero attached hydrogens (tertiary/aromatic N) is 3. The summed E-state index contributed by atoms with van der Waals surface area (Å²) in [5, 5.41) is 7.05. The summed E-state index contributed by atoms with van der Waals surface area (Å²) in [7, 11) is -1.57. The van der Waals surface area contributed by atoms with Crippen LogP contribution in [0.2, 0.25) is 0 Å². The first-order chi connectivity index (χ1) is 14.3. The van der Waals surface area contributed by atoms with E-state index in [4.69, 9.17) is 0 Å². The minimum absolute atomic E-state index is 0. The van der Waals surface area contributed by atoms with Gasteiger partial charge in [-0.05, 0) is 50.7 Å². The van der Waals surface area contributed by atoms with Crippen LogP contribution in [-0.2, 0) is 10.0 Å². The first-order valence-corrected chi connectivity index (χ1v) is 12.5. The monoisotopic (exact) mass is 563 g/mol. The van der Waals surface area contributed by atoms with Gasteiger partial charge in [-0.2, -0.15) is 4.31 Å². The van der Waals surface area contributed by atoms with Crippen LogP contribution in [-0.4, -0.2) is 75.4 Å². The molecule has 3 rings (SSSR count). The highest BCUT2D eigenvalue weighted by molar-refractivity contribution is 14.0. The van der Waals surface area contributed by atoms with Gasteiger partial charge < -0.3 is 10.6 Å². The lowest BCUT2D eigenvalue weighted by atomic mass is 9.98. The van der Waals surface area contributed by atoms with Crippen LogP contribution in [0.3, 0.4) is 0 Å². The molecule has 2 aliphatic rings. The average molecular weight is 564 g/mol. The molecule has 7 nitrogen and oxygen atoms in total. The van der Waals surface area contributed by atoms with E-state index in [1.54, 1.807) is 28.6 Å². The van der Waals surface area contributed by atoms with Crippen molar-refractivity contribution in [2.75, 3.05) is 39.8 Å². The Morgan fingerprint density at radius 1 is 1.16 bits per heavy atom. The summed E-state index contributed by atoms with van der Waals surface area (Å²) in [5.41, 5.74) is 0. The van der Waals surface area contributed by atoms with E-state index < -0.39 is 10.0 Å². The molecular weight excluding hydrogens is 525 g/mol. The number of hydrogen-bond donors (Lipinski definition) is 2. The first kappa shape index (κ1) is 26.3.